The van der Waals surface area contributed by atoms with Crippen LogP contribution < -0.4 is 16.4 Å². The standard InChI is InChI=1S/C12H19N5O2/c1-19-9-4-5-17(8(6-9)7-13)11-3-2-10(12(14)18)15-16-11/h2-3,8-9H,4-7,13H2,1H3,(H2,14,18). The Hall–Kier alpha value is -1.73. The summed E-state index contributed by atoms with van der Waals surface area (Å²) in [5.41, 5.74) is 11.1. The van der Waals surface area contributed by atoms with Crippen molar-refractivity contribution < 1.29 is 9.53 Å². The van der Waals surface area contributed by atoms with Crippen LogP contribution in [-0.4, -0.2) is 48.4 Å². The first-order chi connectivity index (χ1) is 9.15. The Morgan fingerprint density at radius 1 is 1.53 bits per heavy atom. The monoisotopic (exact) mass is 265 g/mol. The maximum Gasteiger partial charge on any atom is 0.269 e. The van der Waals surface area contributed by atoms with Gasteiger partial charge in [0.1, 0.15) is 0 Å². The summed E-state index contributed by atoms with van der Waals surface area (Å²) in [5.74, 6) is 0.141. The zero-order chi connectivity index (χ0) is 13.8. The molecule has 0 spiro atoms. The molecule has 1 aliphatic rings. The van der Waals surface area contributed by atoms with Crippen LogP contribution in [0.25, 0.3) is 0 Å². The third-order valence-electron chi connectivity index (χ3n) is 3.47. The average molecular weight is 265 g/mol. The highest BCUT2D eigenvalue weighted by atomic mass is 16.5. The summed E-state index contributed by atoms with van der Waals surface area (Å²) in [6.45, 7) is 1.34. The normalized spacial score (nSPS) is 23.4. The molecule has 1 amide bonds. The van der Waals surface area contributed by atoms with Gasteiger partial charge in [-0.2, -0.15) is 0 Å². The highest BCUT2D eigenvalue weighted by Gasteiger charge is 2.28. The molecule has 0 bridgehead atoms. The van der Waals surface area contributed by atoms with E-state index in [2.05, 4.69) is 15.1 Å². The molecule has 4 N–H and O–H groups in total. The van der Waals surface area contributed by atoms with Crippen LogP contribution in [0, 0.1) is 0 Å². The molecule has 7 heteroatoms. The highest BCUT2D eigenvalue weighted by Crippen LogP contribution is 2.23. The summed E-state index contributed by atoms with van der Waals surface area (Å²) < 4.78 is 5.38. The molecule has 2 rings (SSSR count). The van der Waals surface area contributed by atoms with Gasteiger partial charge in [-0.15, -0.1) is 10.2 Å². The van der Waals surface area contributed by atoms with Gasteiger partial charge in [-0.05, 0) is 25.0 Å². The number of carbonyl (C=O) groups is 1. The van der Waals surface area contributed by atoms with E-state index in [0.29, 0.717) is 6.54 Å². The minimum atomic E-state index is -0.576. The van der Waals surface area contributed by atoms with Gasteiger partial charge in [0.05, 0.1) is 6.10 Å². The largest absolute Gasteiger partial charge is 0.381 e. The Morgan fingerprint density at radius 2 is 2.32 bits per heavy atom. The quantitative estimate of drug-likeness (QED) is 0.761. The molecule has 104 valence electrons. The number of hydrogen-bond acceptors (Lipinski definition) is 6. The van der Waals surface area contributed by atoms with E-state index in [0.717, 1.165) is 25.2 Å². The molecule has 0 aliphatic carbocycles. The smallest absolute Gasteiger partial charge is 0.269 e. The van der Waals surface area contributed by atoms with Gasteiger partial charge in [0, 0.05) is 26.2 Å². The summed E-state index contributed by atoms with van der Waals surface area (Å²) >= 11 is 0. The molecule has 1 fully saturated rings. The van der Waals surface area contributed by atoms with Gasteiger partial charge >= 0.3 is 0 Å². The Morgan fingerprint density at radius 3 is 2.84 bits per heavy atom. The van der Waals surface area contributed by atoms with Crippen LogP contribution in [0.15, 0.2) is 12.1 Å². The van der Waals surface area contributed by atoms with Crippen molar-refractivity contribution in [3.63, 3.8) is 0 Å². The predicted octanol–water partition coefficient (Wildman–Crippen LogP) is -0.482. The number of anilines is 1. The summed E-state index contributed by atoms with van der Waals surface area (Å²) in [6.07, 6.45) is 2.03. The number of carbonyl (C=O) groups excluding carboxylic acids is 1. The zero-order valence-corrected chi connectivity index (χ0v) is 11.0. The summed E-state index contributed by atoms with van der Waals surface area (Å²) in [4.78, 5) is 13.1. The van der Waals surface area contributed by atoms with Crippen LogP contribution in [0.2, 0.25) is 0 Å². The van der Waals surface area contributed by atoms with Gasteiger partial charge in [0.2, 0.25) is 0 Å². The fourth-order valence-electron chi connectivity index (χ4n) is 2.36. The summed E-state index contributed by atoms with van der Waals surface area (Å²) in [5, 5.41) is 7.87. The predicted molar refractivity (Wildman–Crippen MR) is 70.8 cm³/mol. The van der Waals surface area contributed by atoms with Crippen molar-refractivity contribution in [3.05, 3.63) is 17.8 Å². The Labute approximate surface area is 111 Å². The van der Waals surface area contributed by atoms with E-state index in [4.69, 9.17) is 16.2 Å². The number of nitrogens with two attached hydrogens (primary N) is 2. The van der Waals surface area contributed by atoms with Gasteiger partial charge in [0.25, 0.3) is 5.91 Å². The maximum absolute atomic E-state index is 11.0. The minimum absolute atomic E-state index is 0.167. The van der Waals surface area contributed by atoms with Gasteiger partial charge in [-0.25, -0.2) is 0 Å². The fourth-order valence-corrected chi connectivity index (χ4v) is 2.36. The molecule has 0 saturated carbocycles. The van der Waals surface area contributed by atoms with E-state index in [1.165, 1.54) is 0 Å². The third-order valence-corrected chi connectivity index (χ3v) is 3.47. The molecular weight excluding hydrogens is 246 g/mol. The van der Waals surface area contributed by atoms with Crippen LogP contribution in [0.5, 0.6) is 0 Å². The van der Waals surface area contributed by atoms with E-state index in [-0.39, 0.29) is 17.8 Å². The lowest BCUT2D eigenvalue weighted by molar-refractivity contribution is 0.0707. The molecule has 1 aliphatic heterocycles. The number of ether oxygens (including phenoxy) is 1. The van der Waals surface area contributed by atoms with Crippen LogP contribution >= 0.6 is 0 Å². The molecule has 7 nitrogen and oxygen atoms in total. The van der Waals surface area contributed by atoms with Crippen molar-refractivity contribution in [1.82, 2.24) is 10.2 Å². The van der Waals surface area contributed by atoms with Crippen LogP contribution in [-0.2, 0) is 4.74 Å². The van der Waals surface area contributed by atoms with E-state index in [1.54, 1.807) is 19.2 Å². The zero-order valence-electron chi connectivity index (χ0n) is 11.0. The summed E-state index contributed by atoms with van der Waals surface area (Å²) in [6, 6.07) is 3.51. The number of methoxy groups -OCH3 is 1. The summed E-state index contributed by atoms with van der Waals surface area (Å²) in [7, 11) is 1.72. The molecule has 2 atom stereocenters. The average Bonchev–Trinajstić information content (AvgIpc) is 2.46. The lowest BCUT2D eigenvalue weighted by atomic mass is 9.99. The number of piperidine rings is 1. The molecule has 19 heavy (non-hydrogen) atoms. The van der Waals surface area contributed by atoms with E-state index >= 15 is 0 Å². The molecule has 1 aromatic heterocycles. The van der Waals surface area contributed by atoms with Crippen molar-refractivity contribution in [2.45, 2.75) is 25.0 Å². The van der Waals surface area contributed by atoms with Crippen LogP contribution in [0.4, 0.5) is 5.82 Å². The van der Waals surface area contributed by atoms with E-state index in [1.807, 2.05) is 0 Å². The van der Waals surface area contributed by atoms with E-state index < -0.39 is 5.91 Å². The molecule has 2 unspecified atom stereocenters. The van der Waals surface area contributed by atoms with Gasteiger partial charge in [0.15, 0.2) is 11.5 Å². The van der Waals surface area contributed by atoms with Crippen LogP contribution in [0.1, 0.15) is 23.3 Å². The number of hydrogen-bond donors (Lipinski definition) is 2. The highest BCUT2D eigenvalue weighted by molar-refractivity contribution is 5.90. The molecule has 2 heterocycles. The second-order valence-corrected chi connectivity index (χ2v) is 4.61. The van der Waals surface area contributed by atoms with Crippen molar-refractivity contribution >= 4 is 11.7 Å². The van der Waals surface area contributed by atoms with E-state index in [9.17, 15) is 4.79 Å². The number of rotatable bonds is 4. The first-order valence-corrected chi connectivity index (χ1v) is 6.28. The van der Waals surface area contributed by atoms with Gasteiger partial charge in [-0.1, -0.05) is 0 Å². The minimum Gasteiger partial charge on any atom is -0.381 e. The first-order valence-electron chi connectivity index (χ1n) is 6.28. The molecule has 0 aromatic carbocycles. The van der Waals surface area contributed by atoms with Crippen molar-refractivity contribution in [2.75, 3.05) is 25.1 Å². The number of primary amides is 1. The fraction of sp³-hybridized carbons (Fsp3) is 0.583. The van der Waals surface area contributed by atoms with Crippen molar-refractivity contribution in [3.8, 4) is 0 Å². The third kappa shape index (κ3) is 2.99. The Balaban J connectivity index is 2.13. The number of aromatic nitrogens is 2. The number of amides is 1. The molecule has 1 saturated heterocycles. The number of nitrogens with zero attached hydrogens (tertiary/aromatic N) is 3. The second-order valence-electron chi connectivity index (χ2n) is 4.61. The lowest BCUT2D eigenvalue weighted by Gasteiger charge is -2.38. The van der Waals surface area contributed by atoms with Crippen molar-refractivity contribution in [1.29, 1.82) is 0 Å². The SMILES string of the molecule is COC1CCN(c2ccc(C(N)=O)nn2)C(CN)C1. The molecule has 0 radical (unpaired) electrons. The first kappa shape index (κ1) is 13.7. The lowest BCUT2D eigenvalue weighted by Crippen LogP contribution is -2.49. The van der Waals surface area contributed by atoms with Crippen LogP contribution in [0.3, 0.4) is 0 Å². The van der Waals surface area contributed by atoms with Gasteiger partial charge < -0.3 is 21.1 Å². The van der Waals surface area contributed by atoms with Crippen molar-refractivity contribution in [2.24, 2.45) is 11.5 Å². The maximum atomic E-state index is 11.0. The molecule has 1 aromatic rings. The Bertz CT molecular complexity index is 436. The molecular formula is C12H19N5O2. The Kier molecular flexibility index (Phi) is 4.28. The van der Waals surface area contributed by atoms with Gasteiger partial charge in [-0.3, -0.25) is 4.79 Å². The topological polar surface area (TPSA) is 107 Å². The second kappa shape index (κ2) is 5.94.